The third kappa shape index (κ3) is 5.83. The molecule has 0 saturated heterocycles. The van der Waals surface area contributed by atoms with Crippen LogP contribution in [0.5, 0.6) is 0 Å². The summed E-state index contributed by atoms with van der Waals surface area (Å²) in [4.78, 5) is 23.6. The van der Waals surface area contributed by atoms with Crippen LogP contribution in [0, 0.1) is 18.6 Å². The molecule has 0 fully saturated rings. The van der Waals surface area contributed by atoms with Gasteiger partial charge in [0.25, 0.3) is 5.91 Å². The van der Waals surface area contributed by atoms with Gasteiger partial charge in [-0.25, -0.2) is 17.2 Å². The van der Waals surface area contributed by atoms with E-state index in [0.29, 0.717) is 0 Å². The second kappa shape index (κ2) is 8.89. The summed E-state index contributed by atoms with van der Waals surface area (Å²) in [6, 6.07) is 7.19. The highest BCUT2D eigenvalue weighted by Gasteiger charge is 2.23. The number of esters is 1. The Morgan fingerprint density at radius 2 is 1.75 bits per heavy atom. The number of ether oxygens (including phenoxy) is 1. The maximum atomic E-state index is 13.5. The number of carbonyl (C=O) groups excluding carboxylic acids is 2. The molecule has 0 bridgehead atoms. The number of amides is 1. The third-order valence-corrected chi connectivity index (χ3v) is 5.12. The lowest BCUT2D eigenvalue weighted by atomic mass is 10.2. The van der Waals surface area contributed by atoms with Gasteiger partial charge in [-0.15, -0.1) is 0 Å². The Morgan fingerprint density at radius 1 is 1.11 bits per heavy atom. The Bertz CT molecular complexity index is 978. The quantitative estimate of drug-likeness (QED) is 0.679. The highest BCUT2D eigenvalue weighted by atomic mass is 32.2. The summed E-state index contributed by atoms with van der Waals surface area (Å²) < 4.78 is 57.8. The molecule has 1 atom stereocenters. The van der Waals surface area contributed by atoms with E-state index >= 15 is 0 Å². The predicted molar refractivity (Wildman–Crippen MR) is 96.9 cm³/mol. The first-order valence-corrected chi connectivity index (χ1v) is 9.57. The smallest absolute Gasteiger partial charge is 0.324 e. The monoisotopic (exact) mass is 412 g/mol. The van der Waals surface area contributed by atoms with Gasteiger partial charge in [-0.2, -0.15) is 4.72 Å². The molecular formula is C18H18F2N2O5S. The third-order valence-electron chi connectivity index (χ3n) is 3.56. The molecule has 1 amide bonds. The van der Waals surface area contributed by atoms with E-state index in [1.165, 1.54) is 19.1 Å². The SMILES string of the molecule is Cc1ccc(S(=O)(=O)N[C@@H](C)C(=O)OCC(=O)Nc2cc(F)ccc2F)cc1. The van der Waals surface area contributed by atoms with Crippen LogP contribution in [0.4, 0.5) is 14.5 Å². The minimum atomic E-state index is -3.96. The summed E-state index contributed by atoms with van der Waals surface area (Å²) in [5.74, 6) is -3.54. The fraction of sp³-hybridized carbons (Fsp3) is 0.222. The molecule has 0 aliphatic carbocycles. The van der Waals surface area contributed by atoms with Crippen LogP contribution < -0.4 is 10.0 Å². The van der Waals surface area contributed by atoms with Crippen molar-refractivity contribution in [1.29, 1.82) is 0 Å². The predicted octanol–water partition coefficient (Wildman–Crippen LogP) is 2.12. The Labute approximate surface area is 160 Å². The van der Waals surface area contributed by atoms with Crippen LogP contribution in [0.1, 0.15) is 12.5 Å². The van der Waals surface area contributed by atoms with Crippen molar-refractivity contribution in [2.45, 2.75) is 24.8 Å². The van der Waals surface area contributed by atoms with E-state index in [1.54, 1.807) is 19.1 Å². The summed E-state index contributed by atoms with van der Waals surface area (Å²) in [6.07, 6.45) is 0. The average Bonchev–Trinajstić information content (AvgIpc) is 2.62. The van der Waals surface area contributed by atoms with Crippen LogP contribution in [0.3, 0.4) is 0 Å². The number of sulfonamides is 1. The van der Waals surface area contributed by atoms with E-state index in [4.69, 9.17) is 4.74 Å². The first kappa shape index (κ1) is 21.5. The van der Waals surface area contributed by atoms with Gasteiger partial charge in [0.1, 0.15) is 17.7 Å². The summed E-state index contributed by atoms with van der Waals surface area (Å²) in [7, 11) is -3.96. The van der Waals surface area contributed by atoms with Crippen molar-refractivity contribution in [3.63, 3.8) is 0 Å². The molecule has 0 aliphatic rings. The minimum Gasteiger partial charge on any atom is -0.454 e. The standard InChI is InChI=1S/C18H18F2N2O5S/c1-11-3-6-14(7-4-11)28(25,26)22-12(2)18(24)27-10-17(23)21-16-9-13(19)5-8-15(16)20/h3-9,12,22H,10H2,1-2H3,(H,21,23)/t12-/m0/s1. The van der Waals surface area contributed by atoms with Crippen LogP contribution in [0.2, 0.25) is 0 Å². The topological polar surface area (TPSA) is 102 Å². The number of hydrogen-bond acceptors (Lipinski definition) is 5. The van der Waals surface area contributed by atoms with E-state index in [9.17, 15) is 26.8 Å². The van der Waals surface area contributed by atoms with Crippen molar-refractivity contribution in [2.75, 3.05) is 11.9 Å². The second-order valence-corrected chi connectivity index (χ2v) is 7.65. The number of hydrogen-bond donors (Lipinski definition) is 2. The molecule has 2 rings (SSSR count). The van der Waals surface area contributed by atoms with E-state index < -0.39 is 51.9 Å². The van der Waals surface area contributed by atoms with Crippen LogP contribution in [0.25, 0.3) is 0 Å². The van der Waals surface area contributed by atoms with Crippen LogP contribution in [-0.4, -0.2) is 32.9 Å². The molecule has 10 heteroatoms. The maximum absolute atomic E-state index is 13.5. The van der Waals surface area contributed by atoms with E-state index in [1.807, 2.05) is 0 Å². The molecule has 2 aromatic carbocycles. The van der Waals surface area contributed by atoms with Crippen LogP contribution in [-0.2, 0) is 24.3 Å². The maximum Gasteiger partial charge on any atom is 0.324 e. The zero-order valence-electron chi connectivity index (χ0n) is 15.0. The van der Waals surface area contributed by atoms with Crippen molar-refractivity contribution in [3.8, 4) is 0 Å². The Morgan fingerprint density at radius 3 is 2.39 bits per heavy atom. The fourth-order valence-corrected chi connectivity index (χ4v) is 3.30. The lowest BCUT2D eigenvalue weighted by Crippen LogP contribution is -2.40. The summed E-state index contributed by atoms with van der Waals surface area (Å²) in [5, 5.41) is 2.05. The Balaban J connectivity index is 1.90. The molecule has 150 valence electrons. The number of anilines is 1. The molecule has 0 aliphatic heterocycles. The molecule has 7 nitrogen and oxygen atoms in total. The summed E-state index contributed by atoms with van der Waals surface area (Å²) >= 11 is 0. The van der Waals surface area contributed by atoms with Gasteiger partial charge in [-0.3, -0.25) is 9.59 Å². The van der Waals surface area contributed by atoms with E-state index in [-0.39, 0.29) is 4.90 Å². The average molecular weight is 412 g/mol. The normalized spacial score (nSPS) is 12.3. The molecule has 0 heterocycles. The van der Waals surface area contributed by atoms with Crippen molar-refractivity contribution in [3.05, 3.63) is 59.7 Å². The van der Waals surface area contributed by atoms with Gasteiger partial charge in [0.2, 0.25) is 10.0 Å². The van der Waals surface area contributed by atoms with E-state index in [2.05, 4.69) is 10.0 Å². The first-order valence-electron chi connectivity index (χ1n) is 8.09. The fourth-order valence-electron chi connectivity index (χ4n) is 2.11. The molecular weight excluding hydrogens is 394 g/mol. The number of nitrogens with one attached hydrogen (secondary N) is 2. The molecule has 0 unspecified atom stereocenters. The van der Waals surface area contributed by atoms with Crippen molar-refractivity contribution in [2.24, 2.45) is 0 Å². The summed E-state index contributed by atoms with van der Waals surface area (Å²) in [6.45, 7) is 2.24. The number of benzene rings is 2. The highest BCUT2D eigenvalue weighted by Crippen LogP contribution is 2.15. The molecule has 0 aromatic heterocycles. The van der Waals surface area contributed by atoms with E-state index in [0.717, 1.165) is 23.8 Å². The van der Waals surface area contributed by atoms with Crippen molar-refractivity contribution in [1.82, 2.24) is 4.72 Å². The number of aryl methyl sites for hydroxylation is 1. The highest BCUT2D eigenvalue weighted by molar-refractivity contribution is 7.89. The molecule has 0 radical (unpaired) electrons. The summed E-state index contributed by atoms with van der Waals surface area (Å²) in [5.41, 5.74) is 0.460. The first-order chi connectivity index (χ1) is 13.1. The molecule has 2 aromatic rings. The van der Waals surface area contributed by atoms with Gasteiger partial charge in [-0.05, 0) is 38.1 Å². The number of halogens is 2. The molecule has 28 heavy (non-hydrogen) atoms. The van der Waals surface area contributed by atoms with Gasteiger partial charge < -0.3 is 10.1 Å². The van der Waals surface area contributed by atoms with Gasteiger partial charge in [0.15, 0.2) is 6.61 Å². The number of rotatable bonds is 7. The van der Waals surface area contributed by atoms with Gasteiger partial charge in [-0.1, -0.05) is 17.7 Å². The van der Waals surface area contributed by atoms with Crippen LogP contribution in [0.15, 0.2) is 47.4 Å². The zero-order chi connectivity index (χ0) is 20.9. The zero-order valence-corrected chi connectivity index (χ0v) is 15.8. The van der Waals surface area contributed by atoms with Gasteiger partial charge in [0.05, 0.1) is 10.6 Å². The van der Waals surface area contributed by atoms with Gasteiger partial charge in [0, 0.05) is 6.07 Å². The minimum absolute atomic E-state index is 0.0305. The van der Waals surface area contributed by atoms with Gasteiger partial charge >= 0.3 is 5.97 Å². The molecule has 0 spiro atoms. The van der Waals surface area contributed by atoms with Crippen LogP contribution >= 0.6 is 0 Å². The molecule has 2 N–H and O–H groups in total. The van der Waals surface area contributed by atoms with Crippen molar-refractivity contribution < 1.29 is 31.5 Å². The lowest BCUT2D eigenvalue weighted by Gasteiger charge is -2.14. The molecule has 0 saturated carbocycles. The second-order valence-electron chi connectivity index (χ2n) is 5.94. The number of carbonyl (C=O) groups is 2. The lowest BCUT2D eigenvalue weighted by molar-refractivity contribution is -0.148. The Kier molecular flexibility index (Phi) is 6.81. The Hall–Kier alpha value is -2.85. The van der Waals surface area contributed by atoms with Crippen molar-refractivity contribution >= 4 is 27.6 Å². The largest absolute Gasteiger partial charge is 0.454 e.